The van der Waals surface area contributed by atoms with Gasteiger partial charge in [-0.05, 0) is 24.3 Å². The molecule has 0 fully saturated rings. The molecule has 3 N–H and O–H groups in total. The van der Waals surface area contributed by atoms with E-state index in [4.69, 9.17) is 17.3 Å². The molecule has 0 saturated heterocycles. The van der Waals surface area contributed by atoms with E-state index in [1.54, 1.807) is 24.3 Å². The van der Waals surface area contributed by atoms with Crippen molar-refractivity contribution in [1.29, 1.82) is 0 Å². The van der Waals surface area contributed by atoms with Crippen molar-refractivity contribution in [1.82, 2.24) is 14.8 Å². The molecule has 15 heavy (non-hydrogen) atoms. The van der Waals surface area contributed by atoms with Gasteiger partial charge in [-0.2, -0.15) is 4.68 Å². The quantitative estimate of drug-likeness (QED) is 0.787. The Kier molecular flexibility index (Phi) is 2.57. The highest BCUT2D eigenvalue weighted by Crippen LogP contribution is 2.10. The number of benzene rings is 1. The summed E-state index contributed by atoms with van der Waals surface area (Å²) in [5.41, 5.74) is 5.71. The normalized spacial score (nSPS) is 10.5. The van der Waals surface area contributed by atoms with E-state index in [0.717, 1.165) is 0 Å². The first-order valence-electron chi connectivity index (χ1n) is 4.35. The molecule has 2 rings (SSSR count). The van der Waals surface area contributed by atoms with Crippen LogP contribution in [0.4, 0.5) is 0 Å². The summed E-state index contributed by atoms with van der Waals surface area (Å²) < 4.78 is 1.25. The van der Waals surface area contributed by atoms with Crippen LogP contribution < -0.4 is 11.4 Å². The first kappa shape index (κ1) is 9.95. The molecule has 5 nitrogen and oxygen atoms in total. The molecule has 0 amide bonds. The first-order chi connectivity index (χ1) is 7.20. The predicted molar refractivity (Wildman–Crippen MR) is 57.1 cm³/mol. The molecule has 0 spiro atoms. The highest BCUT2D eigenvalue weighted by atomic mass is 35.5. The largest absolute Gasteiger partial charge is 0.348 e. The number of aromatic amines is 1. The van der Waals surface area contributed by atoms with E-state index >= 15 is 0 Å². The standard InChI is InChI=1S/C9H9ClN4O/c10-6-1-3-7(4-2-6)14-9(15)12-8(5-11)13-14/h1-4H,5,11H2,(H,12,13,15). The second-order valence-corrected chi connectivity index (χ2v) is 3.41. The second kappa shape index (κ2) is 3.88. The van der Waals surface area contributed by atoms with Gasteiger partial charge in [0, 0.05) is 5.02 Å². The zero-order valence-corrected chi connectivity index (χ0v) is 8.53. The van der Waals surface area contributed by atoms with Gasteiger partial charge in [0.2, 0.25) is 0 Å². The fraction of sp³-hybridized carbons (Fsp3) is 0.111. The van der Waals surface area contributed by atoms with Crippen LogP contribution in [0, 0.1) is 0 Å². The average Bonchev–Trinajstić information content (AvgIpc) is 2.61. The van der Waals surface area contributed by atoms with Gasteiger partial charge in [-0.3, -0.25) is 4.98 Å². The summed E-state index contributed by atoms with van der Waals surface area (Å²) in [6.45, 7) is 0.204. The van der Waals surface area contributed by atoms with Crippen LogP contribution in [0.2, 0.25) is 5.02 Å². The molecule has 0 aliphatic carbocycles. The highest BCUT2D eigenvalue weighted by molar-refractivity contribution is 6.30. The molecule has 6 heteroatoms. The fourth-order valence-corrected chi connectivity index (χ4v) is 1.34. The second-order valence-electron chi connectivity index (χ2n) is 2.97. The van der Waals surface area contributed by atoms with Gasteiger partial charge in [-0.1, -0.05) is 11.6 Å². The van der Waals surface area contributed by atoms with Gasteiger partial charge >= 0.3 is 5.69 Å². The number of hydrogen-bond donors (Lipinski definition) is 2. The third kappa shape index (κ3) is 1.93. The number of hydrogen-bond acceptors (Lipinski definition) is 3. The fourth-order valence-electron chi connectivity index (χ4n) is 1.22. The number of halogens is 1. The summed E-state index contributed by atoms with van der Waals surface area (Å²) in [5, 5.41) is 4.62. The molecule has 1 aromatic heterocycles. The summed E-state index contributed by atoms with van der Waals surface area (Å²) in [6.07, 6.45) is 0. The minimum absolute atomic E-state index is 0.204. The zero-order valence-electron chi connectivity index (χ0n) is 7.77. The van der Waals surface area contributed by atoms with E-state index < -0.39 is 0 Å². The van der Waals surface area contributed by atoms with Gasteiger partial charge in [0.25, 0.3) is 0 Å². The monoisotopic (exact) mass is 224 g/mol. The molecule has 78 valence electrons. The Morgan fingerprint density at radius 3 is 2.60 bits per heavy atom. The van der Waals surface area contributed by atoms with E-state index in [9.17, 15) is 4.79 Å². The Balaban J connectivity index is 2.49. The lowest BCUT2D eigenvalue weighted by atomic mass is 10.3. The van der Waals surface area contributed by atoms with Crippen molar-refractivity contribution in [3.8, 4) is 5.69 Å². The number of nitrogens with one attached hydrogen (secondary N) is 1. The minimum Gasteiger partial charge on any atom is -0.324 e. The van der Waals surface area contributed by atoms with E-state index in [1.807, 2.05) is 0 Å². The van der Waals surface area contributed by atoms with E-state index in [1.165, 1.54) is 4.68 Å². The van der Waals surface area contributed by atoms with Gasteiger partial charge in [0.15, 0.2) is 0 Å². The van der Waals surface area contributed by atoms with Crippen molar-refractivity contribution in [2.45, 2.75) is 6.54 Å². The summed E-state index contributed by atoms with van der Waals surface area (Å²) in [7, 11) is 0. The SMILES string of the molecule is NCc1nn(-c2ccc(Cl)cc2)c(=O)[nH]1. The van der Waals surface area contributed by atoms with E-state index in [-0.39, 0.29) is 12.2 Å². The van der Waals surface area contributed by atoms with Crippen molar-refractivity contribution >= 4 is 11.6 Å². The van der Waals surface area contributed by atoms with Crippen LogP contribution in [-0.4, -0.2) is 14.8 Å². The Morgan fingerprint density at radius 2 is 2.07 bits per heavy atom. The molecule has 1 heterocycles. The van der Waals surface area contributed by atoms with Gasteiger partial charge in [-0.15, -0.1) is 5.10 Å². The van der Waals surface area contributed by atoms with Crippen molar-refractivity contribution in [3.63, 3.8) is 0 Å². The summed E-state index contributed by atoms with van der Waals surface area (Å²) in [5.74, 6) is 0.454. The summed E-state index contributed by atoms with van der Waals surface area (Å²) in [6, 6.07) is 6.82. The molecule has 0 saturated carbocycles. The van der Waals surface area contributed by atoms with Crippen molar-refractivity contribution in [3.05, 3.63) is 45.6 Å². The molecule has 1 aromatic carbocycles. The number of nitrogens with zero attached hydrogens (tertiary/aromatic N) is 2. The molecule has 0 aliphatic rings. The maximum Gasteiger partial charge on any atom is 0.348 e. The van der Waals surface area contributed by atoms with E-state index in [0.29, 0.717) is 16.5 Å². The maximum absolute atomic E-state index is 11.4. The van der Waals surface area contributed by atoms with Crippen LogP contribution in [0.5, 0.6) is 0 Å². The Labute approximate surface area is 90.5 Å². The van der Waals surface area contributed by atoms with Crippen LogP contribution in [0.25, 0.3) is 5.69 Å². The topological polar surface area (TPSA) is 76.7 Å². The molecular weight excluding hydrogens is 216 g/mol. The number of nitrogens with two attached hydrogens (primary N) is 1. The number of aromatic nitrogens is 3. The molecule has 0 radical (unpaired) electrons. The van der Waals surface area contributed by atoms with Crippen LogP contribution in [-0.2, 0) is 6.54 Å². The predicted octanol–water partition coefficient (Wildman–Crippen LogP) is 0.673. The third-order valence-electron chi connectivity index (χ3n) is 1.93. The lowest BCUT2D eigenvalue weighted by molar-refractivity contribution is 0.813. The Bertz CT molecular complexity index is 514. The number of rotatable bonds is 2. The Morgan fingerprint density at radius 1 is 1.40 bits per heavy atom. The lowest BCUT2D eigenvalue weighted by Crippen LogP contribution is -2.15. The van der Waals surface area contributed by atoms with E-state index in [2.05, 4.69) is 10.1 Å². The van der Waals surface area contributed by atoms with Gasteiger partial charge in [-0.25, -0.2) is 4.79 Å². The third-order valence-corrected chi connectivity index (χ3v) is 2.18. The van der Waals surface area contributed by atoms with Gasteiger partial charge < -0.3 is 5.73 Å². The molecule has 2 aromatic rings. The zero-order chi connectivity index (χ0) is 10.8. The molecule has 0 unspecified atom stereocenters. The maximum atomic E-state index is 11.4. The van der Waals surface area contributed by atoms with Gasteiger partial charge in [0.1, 0.15) is 5.82 Å². The smallest absolute Gasteiger partial charge is 0.324 e. The van der Waals surface area contributed by atoms with Crippen molar-refractivity contribution < 1.29 is 0 Å². The molecule has 0 atom stereocenters. The van der Waals surface area contributed by atoms with Crippen LogP contribution >= 0.6 is 11.6 Å². The summed E-state index contributed by atoms with van der Waals surface area (Å²) in [4.78, 5) is 14.0. The van der Waals surface area contributed by atoms with Crippen LogP contribution in [0.1, 0.15) is 5.82 Å². The van der Waals surface area contributed by atoms with Crippen molar-refractivity contribution in [2.75, 3.05) is 0 Å². The van der Waals surface area contributed by atoms with Crippen LogP contribution in [0.3, 0.4) is 0 Å². The lowest BCUT2D eigenvalue weighted by Gasteiger charge is -1.98. The molecule has 0 aliphatic heterocycles. The Hall–Kier alpha value is -1.59. The highest BCUT2D eigenvalue weighted by Gasteiger charge is 2.05. The summed E-state index contributed by atoms with van der Waals surface area (Å²) >= 11 is 5.74. The van der Waals surface area contributed by atoms with Crippen molar-refractivity contribution in [2.24, 2.45) is 5.73 Å². The molecule has 0 bridgehead atoms. The average molecular weight is 225 g/mol. The molecular formula is C9H9ClN4O. The minimum atomic E-state index is -0.308. The first-order valence-corrected chi connectivity index (χ1v) is 4.73. The van der Waals surface area contributed by atoms with Crippen LogP contribution in [0.15, 0.2) is 29.1 Å². The van der Waals surface area contributed by atoms with Gasteiger partial charge in [0.05, 0.1) is 12.2 Å². The number of H-pyrrole nitrogens is 1.